The lowest BCUT2D eigenvalue weighted by atomic mass is 10.00. The highest BCUT2D eigenvalue weighted by molar-refractivity contribution is 9.10. The molecule has 2 aromatic rings. The number of ether oxygens (including phenoxy) is 2. The van der Waals surface area contributed by atoms with Crippen LogP contribution in [0.4, 0.5) is 0 Å². The molecule has 0 saturated carbocycles. The molecule has 0 fully saturated rings. The molecule has 1 unspecified atom stereocenters. The monoisotopic (exact) mass is 430 g/mol. The summed E-state index contributed by atoms with van der Waals surface area (Å²) in [6, 6.07) is 9.92. The fraction of sp³-hybridized carbons (Fsp3) is 0.250. The molecule has 2 aromatic carbocycles. The summed E-state index contributed by atoms with van der Waals surface area (Å²) in [6.45, 7) is 3.21. The number of benzene rings is 2. The molecule has 2 nitrogen and oxygen atoms in total. The molecule has 5 heteroatoms. The van der Waals surface area contributed by atoms with Crippen molar-refractivity contribution in [1.29, 1.82) is 0 Å². The second-order valence-corrected chi connectivity index (χ2v) is 7.01. The summed E-state index contributed by atoms with van der Waals surface area (Å²) in [5.74, 6) is 1.46. The van der Waals surface area contributed by atoms with E-state index in [1.54, 1.807) is 0 Å². The summed E-state index contributed by atoms with van der Waals surface area (Å²) in [4.78, 5) is -0.00155. The predicted molar refractivity (Wildman–Crippen MR) is 92.1 cm³/mol. The molecular formula is C16H13Br2ClO2. The highest BCUT2D eigenvalue weighted by Gasteiger charge is 2.21. The zero-order valence-electron chi connectivity index (χ0n) is 11.3. The molecule has 0 N–H and O–H groups in total. The van der Waals surface area contributed by atoms with Crippen LogP contribution in [0.5, 0.6) is 11.5 Å². The quantitative estimate of drug-likeness (QED) is 0.570. The van der Waals surface area contributed by atoms with Gasteiger partial charge in [0.1, 0.15) is 13.2 Å². The number of alkyl halides is 1. The van der Waals surface area contributed by atoms with E-state index in [4.69, 9.17) is 21.1 Å². The normalized spacial score (nSPS) is 14.9. The van der Waals surface area contributed by atoms with E-state index >= 15 is 0 Å². The molecule has 1 heterocycles. The Morgan fingerprint density at radius 1 is 1.10 bits per heavy atom. The Morgan fingerprint density at radius 2 is 1.76 bits per heavy atom. The third-order valence-electron chi connectivity index (χ3n) is 3.52. The van der Waals surface area contributed by atoms with Crippen LogP contribution in [0.2, 0.25) is 5.02 Å². The van der Waals surface area contributed by atoms with Gasteiger partial charge in [-0.05, 0) is 35.7 Å². The molecule has 1 aliphatic rings. The van der Waals surface area contributed by atoms with Gasteiger partial charge in [0.15, 0.2) is 11.5 Å². The molecule has 0 amide bonds. The van der Waals surface area contributed by atoms with Crippen molar-refractivity contribution in [2.45, 2.75) is 11.8 Å². The first-order chi connectivity index (χ1) is 10.1. The van der Waals surface area contributed by atoms with Gasteiger partial charge in [-0.2, -0.15) is 0 Å². The molecule has 3 rings (SSSR count). The number of halogens is 3. The zero-order chi connectivity index (χ0) is 15.0. The minimum Gasteiger partial charge on any atom is -0.486 e. The third-order valence-corrected chi connectivity index (χ3v) is 5.69. The number of rotatable bonds is 2. The standard InChI is InChI=1S/C16H13Br2ClO2/c1-9-10(3-2-4-12(9)17)16(18)11-7-14-15(8-13(11)19)21-6-5-20-14/h2-4,7-8,16H,5-6H2,1H3. The molecule has 0 aromatic heterocycles. The average molecular weight is 433 g/mol. The average Bonchev–Trinajstić information content (AvgIpc) is 2.48. The highest BCUT2D eigenvalue weighted by Crippen LogP contribution is 2.43. The Morgan fingerprint density at radius 3 is 2.48 bits per heavy atom. The molecule has 110 valence electrons. The lowest BCUT2D eigenvalue weighted by Crippen LogP contribution is -2.15. The van der Waals surface area contributed by atoms with E-state index < -0.39 is 0 Å². The number of hydrogen-bond donors (Lipinski definition) is 0. The van der Waals surface area contributed by atoms with Crippen molar-refractivity contribution in [3.63, 3.8) is 0 Å². The van der Waals surface area contributed by atoms with E-state index in [9.17, 15) is 0 Å². The van der Waals surface area contributed by atoms with Crippen LogP contribution in [0.1, 0.15) is 21.5 Å². The largest absolute Gasteiger partial charge is 0.486 e. The lowest BCUT2D eigenvalue weighted by molar-refractivity contribution is 0.171. The summed E-state index contributed by atoms with van der Waals surface area (Å²) in [7, 11) is 0. The number of hydrogen-bond acceptors (Lipinski definition) is 2. The maximum Gasteiger partial charge on any atom is 0.162 e. The molecule has 0 saturated heterocycles. The van der Waals surface area contributed by atoms with Crippen LogP contribution in [0, 0.1) is 6.92 Å². The first-order valence-corrected chi connectivity index (χ1v) is 8.64. The maximum absolute atomic E-state index is 6.42. The van der Waals surface area contributed by atoms with Crippen LogP contribution in [-0.4, -0.2) is 13.2 Å². The van der Waals surface area contributed by atoms with Crippen molar-refractivity contribution in [3.8, 4) is 11.5 Å². The fourth-order valence-electron chi connectivity index (χ4n) is 2.34. The van der Waals surface area contributed by atoms with Crippen molar-refractivity contribution >= 4 is 43.5 Å². The summed E-state index contributed by atoms with van der Waals surface area (Å²) >= 11 is 13.7. The van der Waals surface area contributed by atoms with E-state index in [0.717, 1.165) is 15.8 Å². The van der Waals surface area contributed by atoms with E-state index in [2.05, 4.69) is 44.8 Å². The SMILES string of the molecule is Cc1c(Br)cccc1C(Br)c1cc2c(cc1Cl)OCCO2. The van der Waals surface area contributed by atoms with Gasteiger partial charge in [-0.15, -0.1) is 0 Å². The second-order valence-electron chi connectivity index (χ2n) is 4.83. The highest BCUT2D eigenvalue weighted by atomic mass is 79.9. The van der Waals surface area contributed by atoms with Gasteiger partial charge in [-0.1, -0.05) is 55.6 Å². The molecule has 0 spiro atoms. The van der Waals surface area contributed by atoms with Crippen LogP contribution in [-0.2, 0) is 0 Å². The summed E-state index contributed by atoms with van der Waals surface area (Å²) in [5.41, 5.74) is 3.33. The van der Waals surface area contributed by atoms with Crippen molar-refractivity contribution in [3.05, 3.63) is 56.5 Å². The van der Waals surface area contributed by atoms with Crippen molar-refractivity contribution in [2.24, 2.45) is 0 Å². The van der Waals surface area contributed by atoms with Crippen molar-refractivity contribution in [1.82, 2.24) is 0 Å². The van der Waals surface area contributed by atoms with E-state index in [0.29, 0.717) is 24.0 Å². The van der Waals surface area contributed by atoms with Gasteiger partial charge < -0.3 is 9.47 Å². The minimum atomic E-state index is -0.00155. The third kappa shape index (κ3) is 2.94. The van der Waals surface area contributed by atoms with Crippen LogP contribution in [0.25, 0.3) is 0 Å². The first-order valence-electron chi connectivity index (χ1n) is 6.56. The number of fused-ring (bicyclic) bond motifs is 1. The molecule has 0 bridgehead atoms. The summed E-state index contributed by atoms with van der Waals surface area (Å²) in [5, 5.41) is 0.667. The lowest BCUT2D eigenvalue weighted by Gasteiger charge is -2.22. The van der Waals surface area contributed by atoms with Gasteiger partial charge in [0.05, 0.1) is 4.83 Å². The smallest absolute Gasteiger partial charge is 0.162 e. The molecule has 0 aliphatic carbocycles. The van der Waals surface area contributed by atoms with Crippen LogP contribution in [0.15, 0.2) is 34.8 Å². The van der Waals surface area contributed by atoms with E-state index in [1.807, 2.05) is 24.3 Å². The van der Waals surface area contributed by atoms with Crippen molar-refractivity contribution < 1.29 is 9.47 Å². The van der Waals surface area contributed by atoms with Gasteiger partial charge in [0, 0.05) is 15.6 Å². The topological polar surface area (TPSA) is 18.5 Å². The van der Waals surface area contributed by atoms with Gasteiger partial charge in [0.25, 0.3) is 0 Å². The minimum absolute atomic E-state index is 0.00155. The Balaban J connectivity index is 2.05. The molecule has 21 heavy (non-hydrogen) atoms. The van der Waals surface area contributed by atoms with Gasteiger partial charge in [-0.3, -0.25) is 0 Å². The molecular weight excluding hydrogens is 419 g/mol. The Kier molecular flexibility index (Phi) is 4.48. The van der Waals surface area contributed by atoms with Crippen LogP contribution >= 0.6 is 43.5 Å². The Bertz CT molecular complexity index is 688. The maximum atomic E-state index is 6.42. The second kappa shape index (κ2) is 6.19. The van der Waals surface area contributed by atoms with E-state index in [1.165, 1.54) is 11.1 Å². The molecule has 1 atom stereocenters. The molecule has 1 aliphatic heterocycles. The molecule has 0 radical (unpaired) electrons. The summed E-state index contributed by atoms with van der Waals surface area (Å²) < 4.78 is 12.3. The van der Waals surface area contributed by atoms with Crippen LogP contribution < -0.4 is 9.47 Å². The van der Waals surface area contributed by atoms with Crippen LogP contribution in [0.3, 0.4) is 0 Å². The first kappa shape index (κ1) is 15.2. The van der Waals surface area contributed by atoms with E-state index in [-0.39, 0.29) is 4.83 Å². The summed E-state index contributed by atoms with van der Waals surface area (Å²) in [6.07, 6.45) is 0. The van der Waals surface area contributed by atoms with Crippen molar-refractivity contribution in [2.75, 3.05) is 13.2 Å². The van der Waals surface area contributed by atoms with Gasteiger partial charge >= 0.3 is 0 Å². The van der Waals surface area contributed by atoms with Gasteiger partial charge in [0.2, 0.25) is 0 Å². The predicted octanol–water partition coefficient (Wildman–Crippen LogP) is 5.67. The zero-order valence-corrected chi connectivity index (χ0v) is 15.3. The fourth-order valence-corrected chi connectivity index (χ4v) is 3.99. The van der Waals surface area contributed by atoms with Gasteiger partial charge in [-0.25, -0.2) is 0 Å². The Labute approximate surface area is 145 Å². The Hall–Kier alpha value is -0.710.